The van der Waals surface area contributed by atoms with E-state index in [9.17, 15) is 19.5 Å². The number of hydrogen-bond donors (Lipinski definition) is 1. The van der Waals surface area contributed by atoms with Crippen LogP contribution in [0.25, 0.3) is 0 Å². The van der Waals surface area contributed by atoms with Crippen LogP contribution in [0.15, 0.2) is 0 Å². The lowest BCUT2D eigenvalue weighted by molar-refractivity contribution is -0.166. The van der Waals surface area contributed by atoms with Crippen molar-refractivity contribution in [3.63, 3.8) is 0 Å². The van der Waals surface area contributed by atoms with Crippen molar-refractivity contribution in [1.82, 2.24) is 0 Å². The van der Waals surface area contributed by atoms with Gasteiger partial charge in [0.2, 0.25) is 0 Å². The molecule has 0 bridgehead atoms. The maximum Gasteiger partial charge on any atom is 0.319 e. The highest BCUT2D eigenvalue weighted by Gasteiger charge is 2.33. The lowest BCUT2D eigenvalue weighted by Crippen LogP contribution is -2.38. The molecule has 1 N–H and O–H groups in total. The van der Waals surface area contributed by atoms with Crippen LogP contribution in [0.5, 0.6) is 0 Å². The Labute approximate surface area is 119 Å². The molecule has 0 radical (unpaired) electrons. The van der Waals surface area contributed by atoms with Crippen LogP contribution in [0.3, 0.4) is 0 Å². The summed E-state index contributed by atoms with van der Waals surface area (Å²) in [5.41, 5.74) is -1.47. The van der Waals surface area contributed by atoms with Gasteiger partial charge in [0.25, 0.3) is 0 Å². The van der Waals surface area contributed by atoms with Gasteiger partial charge in [-0.1, -0.05) is 0 Å². The SMILES string of the molecule is CC(C)(C)OC(=O)CC(O)C(C=O)C(=O)OC(C)(C)C. The molecule has 0 rings (SSSR count). The van der Waals surface area contributed by atoms with Gasteiger partial charge in [0.15, 0.2) is 0 Å². The fraction of sp³-hybridized carbons (Fsp3) is 0.786. The molecule has 0 saturated carbocycles. The van der Waals surface area contributed by atoms with E-state index in [-0.39, 0.29) is 6.29 Å². The van der Waals surface area contributed by atoms with E-state index in [0.717, 1.165) is 0 Å². The summed E-state index contributed by atoms with van der Waals surface area (Å²) in [4.78, 5) is 34.2. The fourth-order valence-electron chi connectivity index (χ4n) is 1.35. The average molecular weight is 288 g/mol. The second-order valence-corrected chi connectivity index (χ2v) is 6.55. The Morgan fingerprint density at radius 3 is 1.85 bits per heavy atom. The summed E-state index contributed by atoms with van der Waals surface area (Å²) in [5, 5.41) is 9.81. The summed E-state index contributed by atoms with van der Waals surface area (Å²) in [6.45, 7) is 9.99. The van der Waals surface area contributed by atoms with Crippen LogP contribution in [-0.2, 0) is 23.9 Å². The molecule has 0 aromatic heterocycles. The van der Waals surface area contributed by atoms with Gasteiger partial charge in [0, 0.05) is 0 Å². The molecule has 20 heavy (non-hydrogen) atoms. The van der Waals surface area contributed by atoms with Gasteiger partial charge in [-0.05, 0) is 41.5 Å². The highest BCUT2D eigenvalue weighted by Crippen LogP contribution is 2.16. The zero-order chi connectivity index (χ0) is 16.1. The number of aliphatic hydroxyl groups is 1. The van der Waals surface area contributed by atoms with Crippen molar-refractivity contribution >= 4 is 18.2 Å². The number of hydrogen-bond acceptors (Lipinski definition) is 6. The lowest BCUT2D eigenvalue weighted by Gasteiger charge is -2.24. The molecule has 2 atom stereocenters. The number of carbonyl (C=O) groups excluding carboxylic acids is 3. The predicted molar refractivity (Wildman–Crippen MR) is 71.9 cm³/mol. The van der Waals surface area contributed by atoms with Gasteiger partial charge in [-0.25, -0.2) is 0 Å². The molecular formula is C14H24O6. The lowest BCUT2D eigenvalue weighted by atomic mass is 10.0. The van der Waals surface area contributed by atoms with E-state index in [1.54, 1.807) is 41.5 Å². The Balaban J connectivity index is 4.63. The molecule has 6 heteroatoms. The molecule has 0 fully saturated rings. The quantitative estimate of drug-likeness (QED) is 0.465. The monoisotopic (exact) mass is 288 g/mol. The molecule has 0 aromatic rings. The third-order valence-corrected chi connectivity index (χ3v) is 2.04. The molecule has 116 valence electrons. The standard InChI is InChI=1S/C14H24O6/c1-13(2,3)19-11(17)7-10(16)9(8-15)12(18)20-14(4,5)6/h8-10,16H,7H2,1-6H3. The Bertz CT molecular complexity index is 361. The Hall–Kier alpha value is -1.43. The molecule has 0 aliphatic heterocycles. The van der Waals surface area contributed by atoms with E-state index in [0.29, 0.717) is 0 Å². The first-order valence-corrected chi connectivity index (χ1v) is 6.44. The molecule has 0 spiro atoms. The number of aldehydes is 1. The second-order valence-electron chi connectivity index (χ2n) is 6.55. The summed E-state index contributed by atoms with van der Waals surface area (Å²) in [5.74, 6) is -2.94. The van der Waals surface area contributed by atoms with Gasteiger partial charge >= 0.3 is 11.9 Å². The molecule has 0 aliphatic carbocycles. The minimum Gasteiger partial charge on any atom is -0.460 e. The maximum absolute atomic E-state index is 11.7. The number of aliphatic hydroxyl groups excluding tert-OH is 1. The van der Waals surface area contributed by atoms with Crippen molar-refractivity contribution in [2.75, 3.05) is 0 Å². The van der Waals surface area contributed by atoms with Crippen LogP contribution in [0.2, 0.25) is 0 Å². The van der Waals surface area contributed by atoms with E-state index < -0.39 is 41.6 Å². The smallest absolute Gasteiger partial charge is 0.319 e. The number of esters is 2. The third kappa shape index (κ3) is 7.89. The van der Waals surface area contributed by atoms with Gasteiger partial charge in [-0.3, -0.25) is 9.59 Å². The van der Waals surface area contributed by atoms with E-state index >= 15 is 0 Å². The predicted octanol–water partition coefficient (Wildman–Crippen LogP) is 1.24. The fourth-order valence-corrected chi connectivity index (χ4v) is 1.35. The zero-order valence-corrected chi connectivity index (χ0v) is 12.9. The minimum atomic E-state index is -1.46. The summed E-state index contributed by atoms with van der Waals surface area (Å²) >= 11 is 0. The molecule has 0 aliphatic rings. The molecule has 0 amide bonds. The Kier molecular flexibility index (Phi) is 6.34. The molecule has 0 heterocycles. The van der Waals surface area contributed by atoms with E-state index in [1.165, 1.54) is 0 Å². The van der Waals surface area contributed by atoms with Crippen LogP contribution in [-0.4, -0.2) is 40.6 Å². The summed E-state index contributed by atoms with van der Waals surface area (Å²) in [7, 11) is 0. The number of carbonyl (C=O) groups is 3. The van der Waals surface area contributed by atoms with Gasteiger partial charge < -0.3 is 19.4 Å². The van der Waals surface area contributed by atoms with Crippen molar-refractivity contribution < 1.29 is 29.0 Å². The van der Waals surface area contributed by atoms with Gasteiger partial charge in [-0.2, -0.15) is 0 Å². The largest absolute Gasteiger partial charge is 0.460 e. The Morgan fingerprint density at radius 2 is 1.50 bits per heavy atom. The summed E-state index contributed by atoms with van der Waals surface area (Å²) < 4.78 is 10.0. The molecule has 6 nitrogen and oxygen atoms in total. The zero-order valence-electron chi connectivity index (χ0n) is 12.9. The normalized spacial score (nSPS) is 15.2. The first-order chi connectivity index (χ1) is 8.85. The highest BCUT2D eigenvalue weighted by atomic mass is 16.6. The summed E-state index contributed by atoms with van der Waals surface area (Å²) in [6.07, 6.45) is -1.62. The molecule has 0 saturated heterocycles. The second kappa shape index (κ2) is 6.83. The van der Waals surface area contributed by atoms with Crippen LogP contribution < -0.4 is 0 Å². The Morgan fingerprint density at radius 1 is 1.05 bits per heavy atom. The van der Waals surface area contributed by atoms with Crippen LogP contribution in [0, 0.1) is 5.92 Å². The van der Waals surface area contributed by atoms with E-state index in [1.807, 2.05) is 0 Å². The van der Waals surface area contributed by atoms with E-state index in [4.69, 9.17) is 9.47 Å². The minimum absolute atomic E-state index is 0.281. The molecule has 2 unspecified atom stereocenters. The maximum atomic E-state index is 11.7. The van der Waals surface area contributed by atoms with Crippen molar-refractivity contribution in [2.24, 2.45) is 5.92 Å². The summed E-state index contributed by atoms with van der Waals surface area (Å²) in [6, 6.07) is 0. The highest BCUT2D eigenvalue weighted by molar-refractivity contribution is 5.89. The van der Waals surface area contributed by atoms with Crippen molar-refractivity contribution in [1.29, 1.82) is 0 Å². The van der Waals surface area contributed by atoms with Crippen LogP contribution in [0.4, 0.5) is 0 Å². The van der Waals surface area contributed by atoms with Gasteiger partial charge in [0.1, 0.15) is 23.4 Å². The first kappa shape index (κ1) is 18.6. The topological polar surface area (TPSA) is 89.9 Å². The average Bonchev–Trinajstić information content (AvgIpc) is 2.11. The van der Waals surface area contributed by atoms with Crippen molar-refractivity contribution in [3.8, 4) is 0 Å². The first-order valence-electron chi connectivity index (χ1n) is 6.44. The van der Waals surface area contributed by atoms with Crippen LogP contribution >= 0.6 is 0 Å². The third-order valence-electron chi connectivity index (χ3n) is 2.04. The van der Waals surface area contributed by atoms with Crippen molar-refractivity contribution in [3.05, 3.63) is 0 Å². The van der Waals surface area contributed by atoms with Gasteiger partial charge in [0.05, 0.1) is 12.5 Å². The number of ether oxygens (including phenoxy) is 2. The van der Waals surface area contributed by atoms with Gasteiger partial charge in [-0.15, -0.1) is 0 Å². The molecular weight excluding hydrogens is 264 g/mol. The van der Waals surface area contributed by atoms with E-state index in [2.05, 4.69) is 0 Å². The van der Waals surface area contributed by atoms with Crippen molar-refractivity contribution in [2.45, 2.75) is 65.3 Å². The van der Waals surface area contributed by atoms with Crippen LogP contribution in [0.1, 0.15) is 48.0 Å². The number of rotatable bonds is 5. The molecule has 0 aromatic carbocycles.